The molecule has 1 aromatic carbocycles. The first-order valence-electron chi connectivity index (χ1n) is 4.74. The van der Waals surface area contributed by atoms with E-state index in [4.69, 9.17) is 21.4 Å². The summed E-state index contributed by atoms with van der Waals surface area (Å²) in [5, 5.41) is 18.6. The number of halogens is 1. The second-order valence-corrected chi connectivity index (χ2v) is 3.95. The molecule has 2 N–H and O–H groups in total. The van der Waals surface area contributed by atoms with E-state index < -0.39 is 5.97 Å². The van der Waals surface area contributed by atoms with Crippen LogP contribution in [0.4, 0.5) is 0 Å². The molecule has 16 heavy (non-hydrogen) atoms. The Balaban J connectivity index is 3.05. The maximum Gasteiger partial charge on any atom is 0.303 e. The first-order chi connectivity index (χ1) is 7.45. The predicted molar refractivity (Wildman–Crippen MR) is 60.3 cm³/mol. The summed E-state index contributed by atoms with van der Waals surface area (Å²) in [5.74, 6) is -0.934. The molecule has 0 aliphatic carbocycles. The average molecular weight is 245 g/mol. The van der Waals surface area contributed by atoms with Crippen LogP contribution in [0.1, 0.15) is 24.8 Å². The van der Waals surface area contributed by atoms with Crippen molar-refractivity contribution in [3.05, 3.63) is 22.7 Å². The molecule has 0 amide bonds. The van der Waals surface area contributed by atoms with Gasteiger partial charge in [0.2, 0.25) is 0 Å². The van der Waals surface area contributed by atoms with Crippen LogP contribution in [0.2, 0.25) is 5.02 Å². The molecular formula is C11H13ClO4. The second-order valence-electron chi connectivity index (χ2n) is 3.54. The highest BCUT2D eigenvalue weighted by Crippen LogP contribution is 2.36. The number of methoxy groups -OCH3 is 1. The molecule has 4 nitrogen and oxygen atoms in total. The molecule has 5 heteroatoms. The molecule has 0 bridgehead atoms. The van der Waals surface area contributed by atoms with Gasteiger partial charge in [-0.3, -0.25) is 4.79 Å². The smallest absolute Gasteiger partial charge is 0.303 e. The average Bonchev–Trinajstić information content (AvgIpc) is 2.19. The lowest BCUT2D eigenvalue weighted by molar-refractivity contribution is -0.137. The van der Waals surface area contributed by atoms with Gasteiger partial charge in [0, 0.05) is 11.1 Å². The molecule has 0 spiro atoms. The molecule has 0 saturated heterocycles. The van der Waals surface area contributed by atoms with Crippen molar-refractivity contribution in [1.82, 2.24) is 0 Å². The number of carbonyl (C=O) groups is 1. The van der Waals surface area contributed by atoms with Crippen LogP contribution in [0.15, 0.2) is 12.1 Å². The number of hydrogen-bond donors (Lipinski definition) is 2. The Morgan fingerprint density at radius 1 is 1.56 bits per heavy atom. The number of phenols is 1. The van der Waals surface area contributed by atoms with Crippen molar-refractivity contribution in [2.24, 2.45) is 0 Å². The van der Waals surface area contributed by atoms with E-state index in [1.807, 2.05) is 0 Å². The number of ether oxygens (including phenoxy) is 1. The van der Waals surface area contributed by atoms with Gasteiger partial charge < -0.3 is 14.9 Å². The minimum absolute atomic E-state index is 0.0362. The van der Waals surface area contributed by atoms with Crippen molar-refractivity contribution in [2.75, 3.05) is 7.11 Å². The van der Waals surface area contributed by atoms with E-state index in [1.54, 1.807) is 6.92 Å². The number of aromatic hydroxyl groups is 1. The van der Waals surface area contributed by atoms with Gasteiger partial charge in [-0.25, -0.2) is 0 Å². The Kier molecular flexibility index (Phi) is 4.01. The van der Waals surface area contributed by atoms with E-state index in [0.29, 0.717) is 10.6 Å². The van der Waals surface area contributed by atoms with E-state index in [-0.39, 0.29) is 23.8 Å². The maximum absolute atomic E-state index is 10.6. The van der Waals surface area contributed by atoms with E-state index in [0.717, 1.165) is 0 Å². The highest BCUT2D eigenvalue weighted by molar-refractivity contribution is 6.31. The van der Waals surface area contributed by atoms with E-state index in [2.05, 4.69) is 0 Å². The molecule has 0 radical (unpaired) electrons. The molecule has 0 aliphatic heterocycles. The molecule has 1 atom stereocenters. The van der Waals surface area contributed by atoms with Gasteiger partial charge in [-0.15, -0.1) is 0 Å². The maximum atomic E-state index is 10.6. The highest BCUT2D eigenvalue weighted by atomic mass is 35.5. The number of hydrogen-bond acceptors (Lipinski definition) is 3. The summed E-state index contributed by atoms with van der Waals surface area (Å²) in [7, 11) is 1.42. The molecular weight excluding hydrogens is 232 g/mol. The van der Waals surface area contributed by atoms with Crippen molar-refractivity contribution >= 4 is 17.6 Å². The fourth-order valence-electron chi connectivity index (χ4n) is 1.47. The quantitative estimate of drug-likeness (QED) is 0.855. The topological polar surface area (TPSA) is 66.8 Å². The highest BCUT2D eigenvalue weighted by Gasteiger charge is 2.16. The van der Waals surface area contributed by atoms with Crippen LogP contribution >= 0.6 is 11.6 Å². The van der Waals surface area contributed by atoms with Crippen molar-refractivity contribution in [3.63, 3.8) is 0 Å². The zero-order chi connectivity index (χ0) is 12.3. The first kappa shape index (κ1) is 12.6. The zero-order valence-corrected chi connectivity index (χ0v) is 9.78. The molecule has 0 heterocycles. The van der Waals surface area contributed by atoms with Gasteiger partial charge in [-0.2, -0.15) is 0 Å². The molecule has 0 fully saturated rings. The number of carboxylic acid groups (broad SMARTS) is 1. The van der Waals surface area contributed by atoms with Crippen molar-refractivity contribution in [2.45, 2.75) is 19.3 Å². The Labute approximate surface area is 98.4 Å². The lowest BCUT2D eigenvalue weighted by Crippen LogP contribution is -2.03. The summed E-state index contributed by atoms with van der Waals surface area (Å²) in [6.07, 6.45) is -0.0362. The molecule has 1 rings (SSSR count). The summed E-state index contributed by atoms with van der Waals surface area (Å²) in [5.41, 5.74) is 0.599. The Hall–Kier alpha value is -1.42. The second kappa shape index (κ2) is 5.07. The molecule has 0 aromatic heterocycles. The first-order valence-corrected chi connectivity index (χ1v) is 5.11. The Morgan fingerprint density at radius 3 is 2.69 bits per heavy atom. The zero-order valence-electron chi connectivity index (χ0n) is 9.03. The Bertz CT molecular complexity index is 403. The van der Waals surface area contributed by atoms with E-state index in [9.17, 15) is 9.90 Å². The standard InChI is InChI=1S/C11H13ClO4/c1-6(3-11(14)15)7-4-9(13)10(16-2)5-8(7)12/h4-6,13H,3H2,1-2H3,(H,14,15). The normalized spacial score (nSPS) is 12.2. The van der Waals surface area contributed by atoms with Gasteiger partial charge >= 0.3 is 5.97 Å². The number of aliphatic carboxylic acids is 1. The largest absolute Gasteiger partial charge is 0.504 e. The van der Waals surface area contributed by atoms with Crippen LogP contribution in [0, 0.1) is 0 Å². The van der Waals surface area contributed by atoms with Crippen molar-refractivity contribution in [3.8, 4) is 11.5 Å². The SMILES string of the molecule is COc1cc(Cl)c(C(C)CC(=O)O)cc1O. The van der Waals surface area contributed by atoms with Gasteiger partial charge in [0.1, 0.15) is 0 Å². The van der Waals surface area contributed by atoms with Gasteiger partial charge in [-0.1, -0.05) is 18.5 Å². The monoisotopic (exact) mass is 244 g/mol. The Morgan fingerprint density at radius 2 is 2.19 bits per heavy atom. The molecule has 1 aromatic rings. The van der Waals surface area contributed by atoms with Crippen molar-refractivity contribution < 1.29 is 19.7 Å². The van der Waals surface area contributed by atoms with Crippen LogP contribution in [-0.4, -0.2) is 23.3 Å². The van der Waals surface area contributed by atoms with Crippen LogP contribution in [0.25, 0.3) is 0 Å². The molecule has 0 saturated carbocycles. The third-order valence-corrected chi connectivity index (χ3v) is 2.64. The summed E-state index contributed by atoms with van der Waals surface area (Å²) in [4.78, 5) is 10.6. The lowest BCUT2D eigenvalue weighted by atomic mass is 9.97. The number of phenolic OH excluding ortho intramolecular Hbond substituents is 1. The third kappa shape index (κ3) is 2.79. The van der Waals surface area contributed by atoms with Gasteiger partial charge in [-0.05, 0) is 17.5 Å². The molecule has 0 aliphatic rings. The summed E-state index contributed by atoms with van der Waals surface area (Å²) < 4.78 is 4.89. The van der Waals surface area contributed by atoms with Gasteiger partial charge in [0.15, 0.2) is 11.5 Å². The molecule has 88 valence electrons. The number of benzene rings is 1. The van der Waals surface area contributed by atoms with Crippen LogP contribution in [0.3, 0.4) is 0 Å². The summed E-state index contributed by atoms with van der Waals surface area (Å²) >= 11 is 5.97. The minimum Gasteiger partial charge on any atom is -0.504 e. The van der Waals surface area contributed by atoms with Gasteiger partial charge in [0.25, 0.3) is 0 Å². The minimum atomic E-state index is -0.904. The summed E-state index contributed by atoms with van der Waals surface area (Å²) in [6.45, 7) is 1.74. The fourth-order valence-corrected chi connectivity index (χ4v) is 1.81. The van der Waals surface area contributed by atoms with Crippen LogP contribution in [-0.2, 0) is 4.79 Å². The van der Waals surface area contributed by atoms with Crippen LogP contribution < -0.4 is 4.74 Å². The lowest BCUT2D eigenvalue weighted by Gasteiger charge is -2.13. The number of carboxylic acids is 1. The van der Waals surface area contributed by atoms with Crippen LogP contribution in [0.5, 0.6) is 11.5 Å². The van der Waals surface area contributed by atoms with E-state index in [1.165, 1.54) is 19.2 Å². The van der Waals surface area contributed by atoms with E-state index >= 15 is 0 Å². The molecule has 1 unspecified atom stereocenters. The van der Waals surface area contributed by atoms with Gasteiger partial charge in [0.05, 0.1) is 13.5 Å². The fraction of sp³-hybridized carbons (Fsp3) is 0.364. The number of rotatable bonds is 4. The summed E-state index contributed by atoms with van der Waals surface area (Å²) in [6, 6.07) is 2.92. The third-order valence-electron chi connectivity index (χ3n) is 2.31. The predicted octanol–water partition coefficient (Wildman–Crippen LogP) is 2.63. The van der Waals surface area contributed by atoms with Crippen molar-refractivity contribution in [1.29, 1.82) is 0 Å².